The number of hydrogen-bond acceptors (Lipinski definition) is 4. The monoisotopic (exact) mass is 433 g/mol. The summed E-state index contributed by atoms with van der Waals surface area (Å²) < 4.78 is 5.78. The van der Waals surface area contributed by atoms with Crippen LogP contribution in [0.5, 0.6) is 5.75 Å². The maximum absolute atomic E-state index is 12.6. The first kappa shape index (κ1) is 22.0. The number of carbonyl (C=O) groups excluding carboxylic acids is 2. The Morgan fingerprint density at radius 3 is 2.42 bits per heavy atom. The van der Waals surface area contributed by atoms with E-state index >= 15 is 0 Å². The highest BCUT2D eigenvalue weighted by Gasteiger charge is 2.13. The van der Waals surface area contributed by atoms with Crippen molar-refractivity contribution in [1.29, 1.82) is 0 Å². The second kappa shape index (κ2) is 10.9. The Labute approximate surface area is 186 Å². The molecule has 0 unspecified atom stereocenters. The third kappa shape index (κ3) is 6.38. The highest BCUT2D eigenvalue weighted by atomic mass is 32.1. The van der Waals surface area contributed by atoms with E-state index in [1.54, 1.807) is 55.6 Å². The Morgan fingerprint density at radius 1 is 0.903 bits per heavy atom. The van der Waals surface area contributed by atoms with E-state index in [1.165, 1.54) is 5.56 Å². The first-order valence-electron chi connectivity index (χ1n) is 9.77. The second-order valence-electron chi connectivity index (χ2n) is 6.64. The van der Waals surface area contributed by atoms with Gasteiger partial charge in [-0.15, -0.1) is 0 Å². The number of nitrogens with one attached hydrogen (secondary N) is 3. The van der Waals surface area contributed by atoms with E-state index < -0.39 is 0 Å². The summed E-state index contributed by atoms with van der Waals surface area (Å²) in [6, 6.07) is 23.9. The first-order valence-corrected chi connectivity index (χ1v) is 10.2. The minimum atomic E-state index is -0.372. The van der Waals surface area contributed by atoms with Gasteiger partial charge in [-0.25, -0.2) is 0 Å². The fourth-order valence-corrected chi connectivity index (χ4v) is 3.11. The number of benzene rings is 3. The maximum Gasteiger partial charge on any atom is 0.257 e. The molecule has 3 aromatic carbocycles. The average Bonchev–Trinajstić information content (AvgIpc) is 2.80. The molecule has 0 aliphatic rings. The van der Waals surface area contributed by atoms with E-state index in [4.69, 9.17) is 17.0 Å². The van der Waals surface area contributed by atoms with Crippen LogP contribution in [-0.4, -0.2) is 30.6 Å². The predicted molar refractivity (Wildman–Crippen MR) is 126 cm³/mol. The van der Waals surface area contributed by atoms with E-state index in [9.17, 15) is 9.59 Å². The molecule has 0 radical (unpaired) electrons. The van der Waals surface area contributed by atoms with Crippen molar-refractivity contribution in [3.8, 4) is 5.75 Å². The number of amides is 2. The van der Waals surface area contributed by atoms with Crippen molar-refractivity contribution in [3.05, 3.63) is 95.6 Å². The van der Waals surface area contributed by atoms with Crippen LogP contribution in [0.3, 0.4) is 0 Å². The normalized spacial score (nSPS) is 10.1. The molecule has 0 aliphatic carbocycles. The molecular formula is C24H23N3O3S. The van der Waals surface area contributed by atoms with Gasteiger partial charge in [-0.05, 0) is 48.1 Å². The molecule has 31 heavy (non-hydrogen) atoms. The van der Waals surface area contributed by atoms with Gasteiger partial charge in [0.1, 0.15) is 5.75 Å². The van der Waals surface area contributed by atoms with Crippen LogP contribution in [0.4, 0.5) is 5.69 Å². The van der Waals surface area contributed by atoms with Crippen molar-refractivity contribution >= 4 is 34.8 Å². The van der Waals surface area contributed by atoms with Crippen molar-refractivity contribution in [3.63, 3.8) is 0 Å². The molecule has 0 bridgehead atoms. The lowest BCUT2D eigenvalue weighted by Crippen LogP contribution is -2.34. The van der Waals surface area contributed by atoms with Gasteiger partial charge in [-0.2, -0.15) is 0 Å². The molecule has 2 amide bonds. The molecular weight excluding hydrogens is 410 g/mol. The fraction of sp³-hybridized carbons (Fsp3) is 0.125. The highest BCUT2D eigenvalue weighted by Crippen LogP contribution is 2.16. The zero-order chi connectivity index (χ0) is 22.1. The van der Waals surface area contributed by atoms with Crippen molar-refractivity contribution in [2.75, 3.05) is 19.0 Å². The fourth-order valence-electron chi connectivity index (χ4n) is 2.91. The molecule has 3 rings (SSSR count). The molecule has 0 saturated heterocycles. The van der Waals surface area contributed by atoms with Gasteiger partial charge in [0, 0.05) is 19.0 Å². The van der Waals surface area contributed by atoms with Crippen LogP contribution in [-0.2, 0) is 6.42 Å². The van der Waals surface area contributed by atoms with Gasteiger partial charge in [0.2, 0.25) is 0 Å². The zero-order valence-electron chi connectivity index (χ0n) is 17.1. The summed E-state index contributed by atoms with van der Waals surface area (Å²) in [5.41, 5.74) is 2.53. The molecule has 0 spiro atoms. The average molecular weight is 434 g/mol. The quantitative estimate of drug-likeness (QED) is 0.494. The van der Waals surface area contributed by atoms with Crippen LogP contribution in [0, 0.1) is 0 Å². The number of thiocarbonyl (C=S) groups is 1. The SMILES string of the molecule is CNC(=O)c1ccccc1NC(=S)NC(=O)c1cccc(OCCc2ccccc2)c1. The third-order valence-corrected chi connectivity index (χ3v) is 4.68. The van der Waals surface area contributed by atoms with Gasteiger partial charge >= 0.3 is 0 Å². The molecule has 158 valence electrons. The van der Waals surface area contributed by atoms with Crippen molar-refractivity contribution in [1.82, 2.24) is 10.6 Å². The van der Waals surface area contributed by atoms with Crippen LogP contribution in [0.2, 0.25) is 0 Å². The summed E-state index contributed by atoms with van der Waals surface area (Å²) in [5, 5.41) is 8.20. The van der Waals surface area contributed by atoms with Gasteiger partial charge in [0.05, 0.1) is 17.9 Å². The van der Waals surface area contributed by atoms with Crippen LogP contribution in [0.15, 0.2) is 78.9 Å². The molecule has 3 aromatic rings. The minimum Gasteiger partial charge on any atom is -0.493 e. The lowest BCUT2D eigenvalue weighted by Gasteiger charge is -2.13. The summed E-state index contributed by atoms with van der Waals surface area (Å²) in [6.45, 7) is 0.505. The summed E-state index contributed by atoms with van der Waals surface area (Å²) in [5.74, 6) is -0.0200. The second-order valence-corrected chi connectivity index (χ2v) is 7.05. The number of carbonyl (C=O) groups is 2. The summed E-state index contributed by atoms with van der Waals surface area (Å²) in [7, 11) is 1.55. The molecule has 0 fully saturated rings. The standard InChI is InChI=1S/C24H23N3O3S/c1-25-23(29)20-12-5-6-13-21(20)26-24(31)27-22(28)18-10-7-11-19(16-18)30-15-14-17-8-3-2-4-9-17/h2-13,16H,14-15H2,1H3,(H,25,29)(H2,26,27,28,31). The van der Waals surface area contributed by atoms with Gasteiger partial charge in [0.15, 0.2) is 5.11 Å². The molecule has 3 N–H and O–H groups in total. The molecule has 0 saturated carbocycles. The van der Waals surface area contributed by atoms with E-state index in [-0.39, 0.29) is 16.9 Å². The van der Waals surface area contributed by atoms with Crippen molar-refractivity contribution in [2.24, 2.45) is 0 Å². The Bertz CT molecular complexity index is 1070. The molecule has 0 aromatic heterocycles. The number of rotatable bonds is 7. The van der Waals surface area contributed by atoms with E-state index in [1.807, 2.05) is 30.3 Å². The molecule has 0 heterocycles. The number of hydrogen-bond donors (Lipinski definition) is 3. The van der Waals surface area contributed by atoms with E-state index in [0.29, 0.717) is 29.2 Å². The smallest absolute Gasteiger partial charge is 0.257 e. The third-order valence-electron chi connectivity index (χ3n) is 4.47. The molecule has 6 nitrogen and oxygen atoms in total. The van der Waals surface area contributed by atoms with Gasteiger partial charge in [-0.1, -0.05) is 48.5 Å². The van der Waals surface area contributed by atoms with Crippen LogP contribution in [0.1, 0.15) is 26.3 Å². The number of ether oxygens (including phenoxy) is 1. The van der Waals surface area contributed by atoms with E-state index in [0.717, 1.165) is 6.42 Å². The lowest BCUT2D eigenvalue weighted by atomic mass is 10.1. The summed E-state index contributed by atoms with van der Waals surface area (Å²) in [6.07, 6.45) is 0.774. The molecule has 7 heteroatoms. The van der Waals surface area contributed by atoms with Crippen molar-refractivity contribution in [2.45, 2.75) is 6.42 Å². The van der Waals surface area contributed by atoms with Crippen LogP contribution in [0.25, 0.3) is 0 Å². The van der Waals surface area contributed by atoms with Crippen LogP contribution >= 0.6 is 12.2 Å². The summed E-state index contributed by atoms with van der Waals surface area (Å²) in [4.78, 5) is 24.6. The zero-order valence-corrected chi connectivity index (χ0v) is 17.9. The maximum atomic E-state index is 12.6. The molecule has 0 aliphatic heterocycles. The number of para-hydroxylation sites is 1. The van der Waals surface area contributed by atoms with Crippen molar-refractivity contribution < 1.29 is 14.3 Å². The Morgan fingerprint density at radius 2 is 1.65 bits per heavy atom. The Kier molecular flexibility index (Phi) is 7.73. The lowest BCUT2D eigenvalue weighted by molar-refractivity contribution is 0.0961. The number of anilines is 1. The largest absolute Gasteiger partial charge is 0.493 e. The molecule has 0 atom stereocenters. The predicted octanol–water partition coefficient (Wildman–Crippen LogP) is 3.79. The van der Waals surface area contributed by atoms with Gasteiger partial charge in [-0.3, -0.25) is 14.9 Å². The topological polar surface area (TPSA) is 79.5 Å². The van der Waals surface area contributed by atoms with Crippen LogP contribution < -0.4 is 20.7 Å². The van der Waals surface area contributed by atoms with E-state index in [2.05, 4.69) is 16.0 Å². The Hall–Kier alpha value is -3.71. The van der Waals surface area contributed by atoms with Gasteiger partial charge < -0.3 is 15.4 Å². The highest BCUT2D eigenvalue weighted by molar-refractivity contribution is 7.80. The van der Waals surface area contributed by atoms with Gasteiger partial charge in [0.25, 0.3) is 11.8 Å². The minimum absolute atomic E-state index is 0.0942. The first-order chi connectivity index (χ1) is 15.1. The summed E-state index contributed by atoms with van der Waals surface area (Å²) >= 11 is 5.25. The Balaban J connectivity index is 1.57.